The Morgan fingerprint density at radius 1 is 1.31 bits per heavy atom. The molecule has 2 bridgehead atoms. The van der Waals surface area contributed by atoms with Crippen molar-refractivity contribution in [2.24, 2.45) is 11.8 Å². The summed E-state index contributed by atoms with van der Waals surface area (Å²) in [6.07, 6.45) is 5.43. The second kappa shape index (κ2) is 4.17. The van der Waals surface area contributed by atoms with Crippen molar-refractivity contribution in [3.8, 4) is 0 Å². The molecule has 1 aromatic rings. The lowest BCUT2D eigenvalue weighted by molar-refractivity contribution is 0.332. The number of rotatable bonds is 4. The zero-order chi connectivity index (χ0) is 11.0. The minimum Gasteiger partial charge on any atom is -0.424 e. The van der Waals surface area contributed by atoms with Gasteiger partial charge in [-0.2, -0.15) is 0 Å². The summed E-state index contributed by atoms with van der Waals surface area (Å²) >= 11 is 0. The van der Waals surface area contributed by atoms with Gasteiger partial charge in [0.15, 0.2) is 0 Å². The van der Waals surface area contributed by atoms with Crippen molar-refractivity contribution in [1.29, 1.82) is 0 Å². The van der Waals surface area contributed by atoms with E-state index in [-0.39, 0.29) is 0 Å². The van der Waals surface area contributed by atoms with E-state index in [1.807, 2.05) is 0 Å². The summed E-state index contributed by atoms with van der Waals surface area (Å²) < 4.78 is 5.74. The summed E-state index contributed by atoms with van der Waals surface area (Å²) in [5.41, 5.74) is 0. The summed E-state index contributed by atoms with van der Waals surface area (Å²) in [6.45, 7) is 3.71. The van der Waals surface area contributed by atoms with Crippen molar-refractivity contribution >= 4 is 0 Å². The lowest BCUT2D eigenvalue weighted by atomic mass is 9.89. The van der Waals surface area contributed by atoms with E-state index in [1.165, 1.54) is 25.7 Å². The molecule has 16 heavy (non-hydrogen) atoms. The van der Waals surface area contributed by atoms with Crippen LogP contribution in [0.3, 0.4) is 0 Å². The molecule has 3 atom stereocenters. The van der Waals surface area contributed by atoms with E-state index in [9.17, 15) is 0 Å². The molecule has 0 radical (unpaired) electrons. The molecular formula is C12H19N3O. The van der Waals surface area contributed by atoms with Crippen LogP contribution in [0.25, 0.3) is 0 Å². The molecule has 0 aromatic carbocycles. The quantitative estimate of drug-likeness (QED) is 0.845. The van der Waals surface area contributed by atoms with Gasteiger partial charge in [-0.05, 0) is 37.6 Å². The van der Waals surface area contributed by atoms with Crippen LogP contribution in [-0.4, -0.2) is 16.7 Å². The van der Waals surface area contributed by atoms with Gasteiger partial charge in [0.2, 0.25) is 11.8 Å². The van der Waals surface area contributed by atoms with E-state index in [0.717, 1.165) is 30.2 Å². The molecule has 3 unspecified atom stereocenters. The van der Waals surface area contributed by atoms with Gasteiger partial charge in [-0.15, -0.1) is 10.2 Å². The second-order valence-corrected chi connectivity index (χ2v) is 5.10. The van der Waals surface area contributed by atoms with Crippen LogP contribution in [0.4, 0.5) is 0 Å². The third kappa shape index (κ3) is 1.75. The predicted molar refractivity (Wildman–Crippen MR) is 59.9 cm³/mol. The minimum atomic E-state index is 0.557. The van der Waals surface area contributed by atoms with Gasteiger partial charge in [-0.1, -0.05) is 13.3 Å². The van der Waals surface area contributed by atoms with Crippen molar-refractivity contribution in [1.82, 2.24) is 15.5 Å². The number of aromatic nitrogens is 2. The molecule has 1 heterocycles. The molecule has 2 fully saturated rings. The van der Waals surface area contributed by atoms with Crippen LogP contribution >= 0.6 is 0 Å². The molecule has 4 nitrogen and oxygen atoms in total. The van der Waals surface area contributed by atoms with Crippen molar-refractivity contribution in [2.45, 2.75) is 45.1 Å². The zero-order valence-corrected chi connectivity index (χ0v) is 9.78. The summed E-state index contributed by atoms with van der Waals surface area (Å²) in [6, 6.07) is 0. The SMILES string of the molecule is CCNCc1nnc(C2CC3CCC2C3)o1. The van der Waals surface area contributed by atoms with Crippen LogP contribution in [0.2, 0.25) is 0 Å². The minimum absolute atomic E-state index is 0.557. The zero-order valence-electron chi connectivity index (χ0n) is 9.78. The highest BCUT2D eigenvalue weighted by Crippen LogP contribution is 2.52. The first-order valence-corrected chi connectivity index (χ1v) is 6.39. The van der Waals surface area contributed by atoms with E-state index in [1.54, 1.807) is 0 Å². The fourth-order valence-electron chi connectivity index (χ4n) is 3.27. The molecule has 2 aliphatic carbocycles. The predicted octanol–water partition coefficient (Wildman–Crippen LogP) is 2.08. The van der Waals surface area contributed by atoms with Gasteiger partial charge in [-0.25, -0.2) is 0 Å². The Kier molecular flexibility index (Phi) is 2.67. The van der Waals surface area contributed by atoms with Gasteiger partial charge in [0.25, 0.3) is 0 Å². The number of nitrogens with one attached hydrogen (secondary N) is 1. The Labute approximate surface area is 95.8 Å². The number of nitrogens with zero attached hydrogens (tertiary/aromatic N) is 2. The molecule has 0 spiro atoms. The smallest absolute Gasteiger partial charge is 0.230 e. The fraction of sp³-hybridized carbons (Fsp3) is 0.833. The van der Waals surface area contributed by atoms with Crippen LogP contribution < -0.4 is 5.32 Å². The lowest BCUT2D eigenvalue weighted by Gasteiger charge is -2.17. The number of fused-ring (bicyclic) bond motifs is 2. The first-order valence-electron chi connectivity index (χ1n) is 6.39. The Morgan fingerprint density at radius 2 is 2.25 bits per heavy atom. The van der Waals surface area contributed by atoms with Crippen molar-refractivity contribution in [2.75, 3.05) is 6.54 Å². The van der Waals surface area contributed by atoms with Gasteiger partial charge >= 0.3 is 0 Å². The molecule has 1 N–H and O–H groups in total. The molecule has 2 saturated carbocycles. The summed E-state index contributed by atoms with van der Waals surface area (Å²) in [5.74, 6) is 3.93. The Hall–Kier alpha value is -0.900. The Balaban J connectivity index is 1.68. The summed E-state index contributed by atoms with van der Waals surface area (Å²) in [7, 11) is 0. The number of hydrogen-bond acceptors (Lipinski definition) is 4. The third-order valence-corrected chi connectivity index (χ3v) is 4.06. The van der Waals surface area contributed by atoms with Crippen LogP contribution in [-0.2, 0) is 6.54 Å². The molecule has 1 aromatic heterocycles. The fourth-order valence-corrected chi connectivity index (χ4v) is 3.27. The van der Waals surface area contributed by atoms with E-state index in [0.29, 0.717) is 12.5 Å². The van der Waals surface area contributed by atoms with Gasteiger partial charge < -0.3 is 9.73 Å². The largest absolute Gasteiger partial charge is 0.424 e. The molecular weight excluding hydrogens is 202 g/mol. The molecule has 0 aliphatic heterocycles. The number of hydrogen-bond donors (Lipinski definition) is 1. The molecule has 88 valence electrons. The summed E-state index contributed by atoms with van der Waals surface area (Å²) in [4.78, 5) is 0. The molecule has 4 heteroatoms. The standard InChI is InChI=1S/C12H19N3O/c1-2-13-7-11-14-15-12(16-11)10-6-8-3-4-9(10)5-8/h8-10,13H,2-7H2,1H3. The molecule has 0 saturated heterocycles. The van der Waals surface area contributed by atoms with E-state index >= 15 is 0 Å². The Bertz CT molecular complexity index is 363. The van der Waals surface area contributed by atoms with Crippen molar-refractivity contribution < 1.29 is 4.42 Å². The van der Waals surface area contributed by atoms with Gasteiger partial charge in [0.1, 0.15) is 0 Å². The average Bonchev–Trinajstić information content (AvgIpc) is 3.01. The highest BCUT2D eigenvalue weighted by molar-refractivity contribution is 5.04. The summed E-state index contributed by atoms with van der Waals surface area (Å²) in [5, 5.41) is 11.5. The maximum absolute atomic E-state index is 5.74. The lowest BCUT2D eigenvalue weighted by Crippen LogP contribution is -2.11. The van der Waals surface area contributed by atoms with Gasteiger partial charge in [0.05, 0.1) is 6.54 Å². The maximum atomic E-state index is 5.74. The van der Waals surface area contributed by atoms with Gasteiger partial charge in [0, 0.05) is 5.92 Å². The molecule has 0 amide bonds. The first-order chi connectivity index (χ1) is 7.86. The highest BCUT2D eigenvalue weighted by atomic mass is 16.4. The highest BCUT2D eigenvalue weighted by Gasteiger charge is 2.42. The topological polar surface area (TPSA) is 51.0 Å². The second-order valence-electron chi connectivity index (χ2n) is 5.10. The Morgan fingerprint density at radius 3 is 2.94 bits per heavy atom. The first kappa shape index (κ1) is 10.3. The van der Waals surface area contributed by atoms with Crippen molar-refractivity contribution in [3.63, 3.8) is 0 Å². The van der Waals surface area contributed by atoms with Crippen LogP contribution in [0.5, 0.6) is 0 Å². The molecule has 3 rings (SSSR count). The van der Waals surface area contributed by atoms with E-state index in [2.05, 4.69) is 22.4 Å². The van der Waals surface area contributed by atoms with Crippen LogP contribution in [0, 0.1) is 11.8 Å². The maximum Gasteiger partial charge on any atom is 0.230 e. The normalized spacial score (nSPS) is 32.4. The van der Waals surface area contributed by atoms with E-state index in [4.69, 9.17) is 4.42 Å². The van der Waals surface area contributed by atoms with Crippen molar-refractivity contribution in [3.05, 3.63) is 11.8 Å². The van der Waals surface area contributed by atoms with Gasteiger partial charge in [-0.3, -0.25) is 0 Å². The molecule has 2 aliphatic rings. The average molecular weight is 221 g/mol. The monoisotopic (exact) mass is 221 g/mol. The van der Waals surface area contributed by atoms with Crippen LogP contribution in [0.15, 0.2) is 4.42 Å². The van der Waals surface area contributed by atoms with Crippen LogP contribution in [0.1, 0.15) is 50.3 Å². The third-order valence-electron chi connectivity index (χ3n) is 4.06. The van der Waals surface area contributed by atoms with E-state index < -0.39 is 0 Å².